The van der Waals surface area contributed by atoms with Gasteiger partial charge >= 0.3 is 0 Å². The molecule has 0 N–H and O–H groups in total. The van der Waals surface area contributed by atoms with Crippen molar-refractivity contribution in [3.8, 4) is 0 Å². The quantitative estimate of drug-likeness (QED) is 0.675. The highest BCUT2D eigenvalue weighted by atomic mass is 79.9. The zero-order chi connectivity index (χ0) is 10.4. The molecule has 1 aromatic rings. The summed E-state index contributed by atoms with van der Waals surface area (Å²) in [6.45, 7) is 2.20. The molecule has 0 heterocycles. The van der Waals surface area contributed by atoms with Gasteiger partial charge in [-0.1, -0.05) is 52.7 Å². The zero-order valence-corrected chi connectivity index (χ0v) is 10.8. The molecule has 0 spiro atoms. The molecule has 0 nitrogen and oxygen atoms in total. The average molecular weight is 276 g/mol. The highest BCUT2D eigenvalue weighted by Gasteiger charge is 2.02. The van der Waals surface area contributed by atoms with Gasteiger partial charge in [-0.2, -0.15) is 0 Å². The number of hydrogen-bond acceptors (Lipinski definition) is 0. The molecule has 1 unspecified atom stereocenters. The van der Waals surface area contributed by atoms with Crippen LogP contribution in [-0.2, 0) is 6.42 Å². The summed E-state index contributed by atoms with van der Waals surface area (Å²) in [5.74, 6) is 0. The molecule has 0 bridgehead atoms. The van der Waals surface area contributed by atoms with Gasteiger partial charge in [-0.15, -0.1) is 0 Å². The number of rotatable bonds is 5. The van der Waals surface area contributed by atoms with Crippen molar-refractivity contribution in [2.24, 2.45) is 0 Å². The van der Waals surface area contributed by atoms with Crippen LogP contribution in [0.3, 0.4) is 0 Å². The minimum absolute atomic E-state index is 0.657. The molecule has 1 rings (SSSR count). The second-order valence-corrected chi connectivity index (χ2v) is 5.19. The third kappa shape index (κ3) is 4.02. The Morgan fingerprint density at radius 3 is 2.71 bits per heavy atom. The van der Waals surface area contributed by atoms with E-state index in [1.165, 1.54) is 24.8 Å². The molecular formula is C12H16BrCl. The van der Waals surface area contributed by atoms with Gasteiger partial charge in [0.25, 0.3) is 0 Å². The second-order valence-electron chi connectivity index (χ2n) is 3.49. The van der Waals surface area contributed by atoms with Gasteiger partial charge < -0.3 is 0 Å². The van der Waals surface area contributed by atoms with E-state index in [4.69, 9.17) is 11.6 Å². The normalized spacial score (nSPS) is 12.8. The molecule has 1 atom stereocenters. The predicted octanol–water partition coefficient (Wildman–Crippen LogP) is 4.84. The Kier molecular flexibility index (Phi) is 5.57. The average Bonchev–Trinajstić information content (AvgIpc) is 2.20. The monoisotopic (exact) mass is 274 g/mol. The van der Waals surface area contributed by atoms with E-state index in [9.17, 15) is 0 Å². The standard InChI is InChI=1S/C12H16BrCl/c1-2-11(13)8-5-7-10-6-3-4-9-12(10)14/h3-4,6,9,11H,2,5,7-8H2,1H3. The molecule has 0 aliphatic carbocycles. The molecule has 0 radical (unpaired) electrons. The summed E-state index contributed by atoms with van der Waals surface area (Å²) in [7, 11) is 0. The molecule has 78 valence electrons. The first-order chi connectivity index (χ1) is 6.74. The Balaban J connectivity index is 2.35. The van der Waals surface area contributed by atoms with Gasteiger partial charge in [-0.25, -0.2) is 0 Å². The number of benzene rings is 1. The minimum Gasteiger partial charge on any atom is -0.0891 e. The lowest BCUT2D eigenvalue weighted by atomic mass is 10.1. The van der Waals surface area contributed by atoms with Crippen molar-refractivity contribution in [1.29, 1.82) is 0 Å². The molecule has 0 amide bonds. The molecule has 0 aromatic heterocycles. The Labute approximate surface area is 99.8 Å². The molecular weight excluding hydrogens is 259 g/mol. The van der Waals surface area contributed by atoms with Gasteiger partial charge in [0.1, 0.15) is 0 Å². The second kappa shape index (κ2) is 6.47. The summed E-state index contributed by atoms with van der Waals surface area (Å²) in [6, 6.07) is 8.09. The van der Waals surface area contributed by atoms with Crippen LogP contribution in [0.5, 0.6) is 0 Å². The van der Waals surface area contributed by atoms with Crippen molar-refractivity contribution in [2.75, 3.05) is 0 Å². The fraction of sp³-hybridized carbons (Fsp3) is 0.500. The largest absolute Gasteiger partial charge is 0.0891 e. The van der Waals surface area contributed by atoms with E-state index in [1.54, 1.807) is 0 Å². The summed E-state index contributed by atoms with van der Waals surface area (Å²) in [6.07, 6.45) is 4.71. The van der Waals surface area contributed by atoms with Gasteiger partial charge in [0.2, 0.25) is 0 Å². The van der Waals surface area contributed by atoms with E-state index in [2.05, 4.69) is 28.9 Å². The van der Waals surface area contributed by atoms with Gasteiger partial charge in [-0.3, -0.25) is 0 Å². The van der Waals surface area contributed by atoms with E-state index >= 15 is 0 Å². The molecule has 0 aliphatic rings. The first-order valence-electron chi connectivity index (χ1n) is 5.11. The fourth-order valence-electron chi connectivity index (χ4n) is 1.42. The number of aryl methyl sites for hydroxylation is 1. The van der Waals surface area contributed by atoms with Crippen LogP contribution in [0, 0.1) is 0 Å². The summed E-state index contributed by atoms with van der Waals surface area (Å²) >= 11 is 9.70. The van der Waals surface area contributed by atoms with Crippen LogP contribution in [0.25, 0.3) is 0 Å². The maximum absolute atomic E-state index is 6.06. The lowest BCUT2D eigenvalue weighted by molar-refractivity contribution is 0.690. The maximum Gasteiger partial charge on any atom is 0.0437 e. The summed E-state index contributed by atoms with van der Waals surface area (Å²) in [4.78, 5) is 0.657. The molecule has 0 fully saturated rings. The first kappa shape index (κ1) is 12.1. The fourth-order valence-corrected chi connectivity index (χ4v) is 1.97. The molecule has 1 aromatic carbocycles. The smallest absolute Gasteiger partial charge is 0.0437 e. The van der Waals surface area contributed by atoms with E-state index in [0.717, 1.165) is 11.4 Å². The maximum atomic E-state index is 6.06. The van der Waals surface area contributed by atoms with E-state index in [0.29, 0.717) is 4.83 Å². The van der Waals surface area contributed by atoms with E-state index < -0.39 is 0 Å². The van der Waals surface area contributed by atoms with Crippen LogP contribution in [-0.4, -0.2) is 4.83 Å². The van der Waals surface area contributed by atoms with Crippen molar-refractivity contribution in [3.63, 3.8) is 0 Å². The zero-order valence-electron chi connectivity index (χ0n) is 8.47. The third-order valence-corrected chi connectivity index (χ3v) is 3.84. The number of hydrogen-bond donors (Lipinski definition) is 0. The van der Waals surface area contributed by atoms with Crippen LogP contribution in [0.1, 0.15) is 31.7 Å². The first-order valence-corrected chi connectivity index (χ1v) is 6.41. The molecule has 0 saturated carbocycles. The predicted molar refractivity (Wildman–Crippen MR) is 67.4 cm³/mol. The van der Waals surface area contributed by atoms with Crippen LogP contribution < -0.4 is 0 Å². The van der Waals surface area contributed by atoms with Crippen LogP contribution in [0.15, 0.2) is 24.3 Å². The van der Waals surface area contributed by atoms with Crippen LogP contribution in [0.2, 0.25) is 5.02 Å². The number of halogens is 2. The Bertz CT molecular complexity index is 273. The van der Waals surface area contributed by atoms with Crippen molar-refractivity contribution in [3.05, 3.63) is 34.9 Å². The highest BCUT2D eigenvalue weighted by Crippen LogP contribution is 2.19. The molecule has 0 saturated heterocycles. The third-order valence-electron chi connectivity index (χ3n) is 2.36. The molecule has 14 heavy (non-hydrogen) atoms. The van der Waals surface area contributed by atoms with Gasteiger partial charge in [0.15, 0.2) is 0 Å². The lowest BCUT2D eigenvalue weighted by Crippen LogP contribution is -1.96. The summed E-state index contributed by atoms with van der Waals surface area (Å²) in [5.41, 5.74) is 1.27. The van der Waals surface area contributed by atoms with Crippen molar-refractivity contribution in [2.45, 2.75) is 37.4 Å². The topological polar surface area (TPSA) is 0 Å². The van der Waals surface area contributed by atoms with Crippen molar-refractivity contribution in [1.82, 2.24) is 0 Å². The van der Waals surface area contributed by atoms with Gasteiger partial charge in [0.05, 0.1) is 0 Å². The van der Waals surface area contributed by atoms with E-state index in [-0.39, 0.29) is 0 Å². The van der Waals surface area contributed by atoms with Crippen molar-refractivity contribution < 1.29 is 0 Å². The highest BCUT2D eigenvalue weighted by molar-refractivity contribution is 9.09. The van der Waals surface area contributed by atoms with Crippen LogP contribution in [0.4, 0.5) is 0 Å². The Morgan fingerprint density at radius 2 is 2.07 bits per heavy atom. The van der Waals surface area contributed by atoms with Gasteiger partial charge in [-0.05, 0) is 37.3 Å². The van der Waals surface area contributed by atoms with Gasteiger partial charge in [0, 0.05) is 9.85 Å². The lowest BCUT2D eigenvalue weighted by Gasteiger charge is -2.07. The summed E-state index contributed by atoms with van der Waals surface area (Å²) < 4.78 is 0. The van der Waals surface area contributed by atoms with E-state index in [1.807, 2.05) is 18.2 Å². The molecule has 2 heteroatoms. The van der Waals surface area contributed by atoms with Crippen LogP contribution >= 0.6 is 27.5 Å². The Morgan fingerprint density at radius 1 is 1.36 bits per heavy atom. The van der Waals surface area contributed by atoms with Crippen molar-refractivity contribution >= 4 is 27.5 Å². The number of alkyl halides is 1. The SMILES string of the molecule is CCC(Br)CCCc1ccccc1Cl. The summed E-state index contributed by atoms with van der Waals surface area (Å²) in [5, 5.41) is 0.898. The minimum atomic E-state index is 0.657. The molecule has 0 aliphatic heterocycles. The Hall–Kier alpha value is -0.0100.